The molecule has 10 heteroatoms. The van der Waals surface area contributed by atoms with E-state index in [-0.39, 0.29) is 0 Å². The van der Waals surface area contributed by atoms with Crippen LogP contribution in [0.4, 0.5) is 22.7 Å². The summed E-state index contributed by atoms with van der Waals surface area (Å²) in [5.41, 5.74) is 10.7. The van der Waals surface area contributed by atoms with E-state index < -0.39 is 0 Å². The molecule has 4 aromatic carbocycles. The van der Waals surface area contributed by atoms with Gasteiger partial charge in [-0.1, -0.05) is 53.6 Å². The minimum absolute atomic E-state index is 0.531. The third kappa shape index (κ3) is 8.29. The number of rotatable bonds is 9. The Morgan fingerprint density at radius 3 is 0.981 bits per heavy atom. The molecule has 0 spiro atoms. The largest absolute Gasteiger partial charge is 0.378 e. The first kappa shape index (κ1) is 35.8. The van der Waals surface area contributed by atoms with Gasteiger partial charge < -0.3 is 38.5 Å². The van der Waals surface area contributed by atoms with Crippen molar-refractivity contribution in [3.8, 4) is 11.1 Å². The van der Waals surface area contributed by atoms with Crippen molar-refractivity contribution >= 4 is 61.1 Å². The fraction of sp³-hybridized carbons (Fsp3) is 0.429. The first-order valence-electron chi connectivity index (χ1n) is 18.9. The van der Waals surface area contributed by atoms with Crippen LogP contribution in [-0.4, -0.2) is 105 Å². The van der Waals surface area contributed by atoms with E-state index in [1.807, 2.05) is 0 Å². The van der Waals surface area contributed by atoms with E-state index in [1.165, 1.54) is 66.2 Å². The lowest BCUT2D eigenvalue weighted by atomic mass is 9.96. The van der Waals surface area contributed by atoms with Gasteiger partial charge in [-0.05, 0) is 93.7 Å². The highest BCUT2D eigenvalue weighted by Crippen LogP contribution is 2.35. The Kier molecular flexibility index (Phi) is 11.6. The molecule has 8 nitrogen and oxygen atoms in total. The summed E-state index contributed by atoms with van der Waals surface area (Å²) in [6.45, 7) is 18.3. The lowest BCUT2D eigenvalue weighted by molar-refractivity contribution is 0.122. The van der Waals surface area contributed by atoms with E-state index in [0.29, 0.717) is 17.2 Å². The summed E-state index contributed by atoms with van der Waals surface area (Å²) in [6.07, 6.45) is 0. The smallest absolute Gasteiger partial charge is 0.0642 e. The van der Waals surface area contributed by atoms with Gasteiger partial charge in [0.15, 0.2) is 0 Å². The van der Waals surface area contributed by atoms with Crippen LogP contribution >= 0.6 is 17.2 Å². The number of hydrogen-bond acceptors (Lipinski definition) is 8. The SMILES string of the molecule is Cc1cccc(Pc2cc(N3CCOCC3)cc(N3CCOCC3)c2)c1-c1c(C)cccc1Pc1cc(N2CCOCC2)cc(N2CCOCC2)c1. The zero-order chi connectivity index (χ0) is 35.3. The van der Waals surface area contributed by atoms with Crippen LogP contribution in [0.5, 0.6) is 0 Å². The molecule has 0 saturated carbocycles. The highest BCUT2D eigenvalue weighted by atomic mass is 31.1. The molecule has 2 atom stereocenters. The lowest BCUT2D eigenvalue weighted by Crippen LogP contribution is -2.38. The Morgan fingerprint density at radius 1 is 0.404 bits per heavy atom. The van der Waals surface area contributed by atoms with Crippen LogP contribution in [0.25, 0.3) is 11.1 Å². The molecule has 4 fully saturated rings. The van der Waals surface area contributed by atoms with Crippen LogP contribution in [0.1, 0.15) is 11.1 Å². The average Bonchev–Trinajstić information content (AvgIpc) is 3.20. The van der Waals surface area contributed by atoms with Gasteiger partial charge in [0.05, 0.1) is 52.9 Å². The van der Waals surface area contributed by atoms with Crippen LogP contribution < -0.4 is 40.8 Å². The molecular formula is C42H52N4O4P2. The van der Waals surface area contributed by atoms with Gasteiger partial charge in [-0.15, -0.1) is 0 Å². The molecule has 0 aromatic heterocycles. The molecule has 0 aliphatic carbocycles. The average molecular weight is 739 g/mol. The number of benzene rings is 4. The standard InChI is InChI=1S/C42H52N4O4P2/c1-31-5-3-7-39(51-37-27-33(43-9-17-47-18-10-43)25-34(28-37)44-11-19-48-20-12-44)41(31)42-32(2)6-4-8-40(42)52-38-29-35(45-13-21-49-22-14-45)26-36(30-38)46-15-23-50-24-16-46/h3-8,25-30,51-52H,9-24H2,1-2H3. The molecule has 0 bridgehead atoms. The molecule has 0 N–H and O–H groups in total. The topological polar surface area (TPSA) is 49.9 Å². The predicted octanol–water partition coefficient (Wildman–Crippen LogP) is 4.58. The minimum atomic E-state index is 0.531. The van der Waals surface area contributed by atoms with Crippen molar-refractivity contribution in [1.82, 2.24) is 0 Å². The molecule has 4 aromatic rings. The van der Waals surface area contributed by atoms with Gasteiger partial charge in [-0.25, -0.2) is 0 Å². The maximum Gasteiger partial charge on any atom is 0.0642 e. The third-order valence-electron chi connectivity index (χ3n) is 10.7. The summed E-state index contributed by atoms with van der Waals surface area (Å²) >= 11 is 0. The Bertz CT molecular complexity index is 1630. The number of anilines is 4. The lowest BCUT2D eigenvalue weighted by Gasteiger charge is -2.33. The van der Waals surface area contributed by atoms with Crippen molar-refractivity contribution in [1.29, 1.82) is 0 Å². The zero-order valence-corrected chi connectivity index (χ0v) is 32.7. The molecule has 274 valence electrons. The highest BCUT2D eigenvalue weighted by molar-refractivity contribution is 7.56. The summed E-state index contributed by atoms with van der Waals surface area (Å²) in [5.74, 6) is 0. The quantitative estimate of drug-likeness (QED) is 0.232. The van der Waals surface area contributed by atoms with E-state index in [0.717, 1.165) is 105 Å². The molecule has 2 unspecified atom stereocenters. The van der Waals surface area contributed by atoms with Gasteiger partial charge in [0.2, 0.25) is 0 Å². The predicted molar refractivity (Wildman–Crippen MR) is 222 cm³/mol. The van der Waals surface area contributed by atoms with Gasteiger partial charge in [0, 0.05) is 75.1 Å². The monoisotopic (exact) mass is 738 g/mol. The number of ether oxygens (including phenoxy) is 4. The number of hydrogen-bond donors (Lipinski definition) is 0. The van der Waals surface area contributed by atoms with E-state index >= 15 is 0 Å². The van der Waals surface area contributed by atoms with Crippen molar-refractivity contribution < 1.29 is 18.9 Å². The first-order chi connectivity index (χ1) is 25.6. The Morgan fingerprint density at radius 2 is 0.692 bits per heavy atom. The molecular weight excluding hydrogens is 686 g/mol. The van der Waals surface area contributed by atoms with Crippen molar-refractivity contribution in [2.75, 3.05) is 125 Å². The second kappa shape index (κ2) is 16.8. The Hall–Kier alpha value is -3.22. The number of nitrogens with zero attached hydrogens (tertiary/aromatic N) is 4. The van der Waals surface area contributed by atoms with Gasteiger partial charge in [-0.3, -0.25) is 0 Å². The molecule has 0 radical (unpaired) electrons. The number of morpholine rings is 4. The minimum Gasteiger partial charge on any atom is -0.378 e. The summed E-state index contributed by atoms with van der Waals surface area (Å²) < 4.78 is 22.9. The van der Waals surface area contributed by atoms with E-state index in [4.69, 9.17) is 18.9 Å². The van der Waals surface area contributed by atoms with Gasteiger partial charge in [0.1, 0.15) is 0 Å². The Balaban J connectivity index is 1.16. The molecule has 0 amide bonds. The molecule has 4 heterocycles. The van der Waals surface area contributed by atoms with Crippen molar-refractivity contribution in [2.45, 2.75) is 13.8 Å². The maximum atomic E-state index is 5.73. The summed E-state index contributed by atoms with van der Waals surface area (Å²) in [5, 5.41) is 5.57. The second-order valence-corrected chi connectivity index (χ2v) is 16.9. The van der Waals surface area contributed by atoms with Crippen molar-refractivity contribution in [3.63, 3.8) is 0 Å². The van der Waals surface area contributed by atoms with Gasteiger partial charge in [-0.2, -0.15) is 0 Å². The van der Waals surface area contributed by atoms with Gasteiger partial charge in [0.25, 0.3) is 0 Å². The zero-order valence-electron chi connectivity index (χ0n) is 30.7. The van der Waals surface area contributed by atoms with Crippen LogP contribution in [-0.2, 0) is 18.9 Å². The van der Waals surface area contributed by atoms with Crippen LogP contribution in [0.15, 0.2) is 72.8 Å². The van der Waals surface area contributed by atoms with E-state index in [1.54, 1.807) is 0 Å². The summed E-state index contributed by atoms with van der Waals surface area (Å²) in [6, 6.07) is 28.3. The summed E-state index contributed by atoms with van der Waals surface area (Å²) in [7, 11) is 1.06. The van der Waals surface area contributed by atoms with Crippen molar-refractivity contribution in [2.24, 2.45) is 0 Å². The molecule has 4 aliphatic rings. The maximum absolute atomic E-state index is 5.73. The molecule has 4 aliphatic heterocycles. The fourth-order valence-corrected chi connectivity index (χ4v) is 10.6. The highest BCUT2D eigenvalue weighted by Gasteiger charge is 2.22. The Labute approximate surface area is 312 Å². The second-order valence-electron chi connectivity index (χ2n) is 14.1. The first-order valence-corrected chi connectivity index (χ1v) is 20.9. The molecule has 4 saturated heterocycles. The third-order valence-corrected chi connectivity index (χ3v) is 13.2. The van der Waals surface area contributed by atoms with Crippen LogP contribution in [0.3, 0.4) is 0 Å². The normalized spacial score (nSPS) is 19.0. The molecule has 52 heavy (non-hydrogen) atoms. The van der Waals surface area contributed by atoms with Crippen LogP contribution in [0, 0.1) is 13.8 Å². The van der Waals surface area contributed by atoms with Crippen molar-refractivity contribution in [3.05, 3.63) is 83.9 Å². The molecule has 8 rings (SSSR count). The van der Waals surface area contributed by atoms with E-state index in [2.05, 4.69) is 106 Å². The fourth-order valence-electron chi connectivity index (χ4n) is 7.87. The number of aryl methyl sites for hydroxylation is 2. The van der Waals surface area contributed by atoms with E-state index in [9.17, 15) is 0 Å². The summed E-state index contributed by atoms with van der Waals surface area (Å²) in [4.78, 5) is 9.98. The van der Waals surface area contributed by atoms with Gasteiger partial charge >= 0.3 is 0 Å². The van der Waals surface area contributed by atoms with Crippen LogP contribution in [0.2, 0.25) is 0 Å².